The van der Waals surface area contributed by atoms with Crippen LogP contribution in [0.4, 0.5) is 13.2 Å². The summed E-state index contributed by atoms with van der Waals surface area (Å²) >= 11 is 1.69. The number of aryl methyl sites for hydroxylation is 2. The Hall–Kier alpha value is -1.31. The van der Waals surface area contributed by atoms with E-state index in [4.69, 9.17) is 0 Å². The first-order valence-corrected chi connectivity index (χ1v) is 8.65. The Kier molecular flexibility index (Phi) is 8.36. The molecule has 1 heterocycles. The average molecular weight is 350 g/mol. The topological polar surface area (TPSA) is 49.3 Å². The van der Waals surface area contributed by atoms with Gasteiger partial charge in [0.15, 0.2) is 5.96 Å². The normalized spacial score (nSPS) is 12.5. The highest BCUT2D eigenvalue weighted by molar-refractivity contribution is 7.11. The third-order valence-electron chi connectivity index (χ3n) is 3.19. The molecular weight excluding hydrogens is 325 g/mol. The Balaban J connectivity index is 2.31. The van der Waals surface area contributed by atoms with Crippen molar-refractivity contribution in [2.75, 3.05) is 19.6 Å². The lowest BCUT2D eigenvalue weighted by atomic mass is 10.2. The van der Waals surface area contributed by atoms with E-state index >= 15 is 0 Å². The quantitative estimate of drug-likeness (QED) is 0.428. The Labute approximate surface area is 139 Å². The first kappa shape index (κ1) is 19.7. The monoisotopic (exact) mass is 350 g/mol. The molecule has 0 bridgehead atoms. The van der Waals surface area contributed by atoms with Crippen molar-refractivity contribution in [3.8, 4) is 0 Å². The number of hydrogen-bond acceptors (Lipinski definition) is 3. The third-order valence-corrected chi connectivity index (χ3v) is 4.32. The summed E-state index contributed by atoms with van der Waals surface area (Å²) in [6.45, 7) is 7.80. The summed E-state index contributed by atoms with van der Waals surface area (Å²) in [5, 5.41) is 7.36. The maximum atomic E-state index is 12.1. The zero-order valence-corrected chi connectivity index (χ0v) is 14.7. The number of unbranched alkanes of at least 4 members (excludes halogenated alkanes) is 1. The minimum absolute atomic E-state index is 0.115. The highest BCUT2D eigenvalue weighted by Crippen LogP contribution is 2.22. The maximum Gasteiger partial charge on any atom is 0.389 e. The van der Waals surface area contributed by atoms with E-state index < -0.39 is 12.6 Å². The van der Waals surface area contributed by atoms with Gasteiger partial charge in [-0.25, -0.2) is 4.98 Å². The van der Waals surface area contributed by atoms with Crippen LogP contribution in [0, 0.1) is 13.8 Å². The van der Waals surface area contributed by atoms with E-state index in [0.717, 1.165) is 17.1 Å². The molecule has 0 atom stereocenters. The molecule has 0 saturated carbocycles. The van der Waals surface area contributed by atoms with Crippen LogP contribution in [-0.2, 0) is 6.42 Å². The van der Waals surface area contributed by atoms with Crippen molar-refractivity contribution >= 4 is 17.3 Å². The number of guanidine groups is 1. The van der Waals surface area contributed by atoms with E-state index in [1.807, 2.05) is 13.8 Å². The number of nitrogens with one attached hydrogen (secondary N) is 2. The summed E-state index contributed by atoms with van der Waals surface area (Å²) in [5.74, 6) is 0.643. The summed E-state index contributed by atoms with van der Waals surface area (Å²) in [4.78, 5) is 10.00. The van der Waals surface area contributed by atoms with Crippen molar-refractivity contribution in [2.24, 2.45) is 4.99 Å². The lowest BCUT2D eigenvalue weighted by Crippen LogP contribution is -2.38. The first-order valence-electron chi connectivity index (χ1n) is 7.83. The third kappa shape index (κ3) is 8.78. The van der Waals surface area contributed by atoms with Gasteiger partial charge in [0.25, 0.3) is 0 Å². The summed E-state index contributed by atoms with van der Waals surface area (Å²) in [5.41, 5.74) is 1.07. The predicted octanol–water partition coefficient (Wildman–Crippen LogP) is 3.59. The molecule has 0 fully saturated rings. The van der Waals surface area contributed by atoms with Gasteiger partial charge >= 0.3 is 6.18 Å². The molecule has 0 saturated heterocycles. The lowest BCUT2D eigenvalue weighted by molar-refractivity contribution is -0.135. The number of thiazole rings is 1. The molecule has 1 rings (SSSR count). The SMILES string of the molecule is CCNC(=NCCCCC(F)(F)F)NCCc1nc(C)c(C)s1. The van der Waals surface area contributed by atoms with Crippen molar-refractivity contribution in [1.29, 1.82) is 0 Å². The molecule has 0 amide bonds. The highest BCUT2D eigenvalue weighted by atomic mass is 32.1. The molecule has 0 aliphatic rings. The highest BCUT2D eigenvalue weighted by Gasteiger charge is 2.25. The molecule has 0 radical (unpaired) electrons. The molecule has 0 aromatic carbocycles. The number of aliphatic imine (C=N–C) groups is 1. The van der Waals surface area contributed by atoms with Crippen molar-refractivity contribution in [1.82, 2.24) is 15.6 Å². The molecule has 1 aromatic rings. The molecule has 1 aromatic heterocycles. The first-order chi connectivity index (χ1) is 10.8. The fourth-order valence-electron chi connectivity index (χ4n) is 1.90. The van der Waals surface area contributed by atoms with Crippen LogP contribution in [0.25, 0.3) is 0 Å². The van der Waals surface area contributed by atoms with Gasteiger partial charge in [0.1, 0.15) is 0 Å². The fraction of sp³-hybridized carbons (Fsp3) is 0.733. The molecule has 132 valence electrons. The van der Waals surface area contributed by atoms with Crippen molar-refractivity contribution < 1.29 is 13.2 Å². The van der Waals surface area contributed by atoms with Crippen LogP contribution in [0.2, 0.25) is 0 Å². The van der Waals surface area contributed by atoms with Crippen LogP contribution in [0.5, 0.6) is 0 Å². The minimum atomic E-state index is -4.07. The second-order valence-corrected chi connectivity index (χ2v) is 6.55. The van der Waals surface area contributed by atoms with Gasteiger partial charge in [0, 0.05) is 37.4 Å². The van der Waals surface area contributed by atoms with Crippen molar-refractivity contribution in [3.05, 3.63) is 15.6 Å². The number of alkyl halides is 3. The molecule has 0 aliphatic carbocycles. The van der Waals surface area contributed by atoms with Gasteiger partial charge in [0.05, 0.1) is 10.7 Å². The van der Waals surface area contributed by atoms with Crippen LogP contribution in [-0.4, -0.2) is 36.8 Å². The van der Waals surface area contributed by atoms with Gasteiger partial charge in [-0.05, 0) is 33.6 Å². The van der Waals surface area contributed by atoms with Gasteiger partial charge < -0.3 is 10.6 Å². The van der Waals surface area contributed by atoms with E-state index in [-0.39, 0.29) is 6.42 Å². The van der Waals surface area contributed by atoms with Crippen LogP contribution < -0.4 is 10.6 Å². The molecule has 0 spiro atoms. The van der Waals surface area contributed by atoms with Crippen LogP contribution in [0.1, 0.15) is 41.8 Å². The average Bonchev–Trinajstić information content (AvgIpc) is 2.76. The van der Waals surface area contributed by atoms with Crippen LogP contribution >= 0.6 is 11.3 Å². The number of aromatic nitrogens is 1. The fourth-order valence-corrected chi connectivity index (χ4v) is 2.84. The zero-order chi connectivity index (χ0) is 17.3. The lowest BCUT2D eigenvalue weighted by Gasteiger charge is -2.10. The summed E-state index contributed by atoms with van der Waals surface area (Å²) in [6, 6.07) is 0. The molecular formula is C15H25F3N4S. The zero-order valence-electron chi connectivity index (χ0n) is 13.9. The van der Waals surface area contributed by atoms with Crippen LogP contribution in [0.3, 0.4) is 0 Å². The standard InChI is InChI=1S/C15H25F3N4S/c1-4-19-14(20-9-6-5-8-15(16,17)18)21-10-7-13-22-11(2)12(3)23-13/h4-10H2,1-3H3,(H2,19,20,21). The van der Waals surface area contributed by atoms with E-state index in [1.165, 1.54) is 4.88 Å². The Bertz CT molecular complexity index is 478. The number of halogens is 3. The van der Waals surface area contributed by atoms with E-state index in [9.17, 15) is 13.2 Å². The van der Waals surface area contributed by atoms with Crippen molar-refractivity contribution in [2.45, 2.75) is 52.6 Å². The molecule has 4 nitrogen and oxygen atoms in total. The molecule has 8 heteroatoms. The second kappa shape index (κ2) is 9.75. The van der Waals surface area contributed by atoms with Crippen molar-refractivity contribution in [3.63, 3.8) is 0 Å². The van der Waals surface area contributed by atoms with Gasteiger partial charge in [-0.1, -0.05) is 0 Å². The van der Waals surface area contributed by atoms with Crippen LogP contribution in [0.15, 0.2) is 4.99 Å². The van der Waals surface area contributed by atoms with E-state index in [0.29, 0.717) is 32.0 Å². The maximum absolute atomic E-state index is 12.1. The number of nitrogens with zero attached hydrogens (tertiary/aromatic N) is 2. The Morgan fingerprint density at radius 1 is 1.22 bits per heavy atom. The van der Waals surface area contributed by atoms with Gasteiger partial charge in [0.2, 0.25) is 0 Å². The van der Waals surface area contributed by atoms with E-state index in [1.54, 1.807) is 11.3 Å². The minimum Gasteiger partial charge on any atom is -0.357 e. The summed E-state index contributed by atoms with van der Waals surface area (Å²) in [6.07, 6.45) is -3.46. The molecule has 0 aliphatic heterocycles. The molecule has 0 unspecified atom stereocenters. The Morgan fingerprint density at radius 3 is 2.52 bits per heavy atom. The molecule has 23 heavy (non-hydrogen) atoms. The van der Waals surface area contributed by atoms with Gasteiger partial charge in [-0.2, -0.15) is 13.2 Å². The predicted molar refractivity (Wildman–Crippen MR) is 89.2 cm³/mol. The van der Waals surface area contributed by atoms with Gasteiger partial charge in [-0.15, -0.1) is 11.3 Å². The Morgan fingerprint density at radius 2 is 1.96 bits per heavy atom. The summed E-state index contributed by atoms with van der Waals surface area (Å²) in [7, 11) is 0. The van der Waals surface area contributed by atoms with E-state index in [2.05, 4.69) is 27.5 Å². The number of hydrogen-bond donors (Lipinski definition) is 2. The smallest absolute Gasteiger partial charge is 0.357 e. The molecule has 2 N–H and O–H groups in total. The second-order valence-electron chi connectivity index (χ2n) is 5.26. The van der Waals surface area contributed by atoms with Gasteiger partial charge in [-0.3, -0.25) is 4.99 Å². The summed E-state index contributed by atoms with van der Waals surface area (Å²) < 4.78 is 36.2. The number of rotatable bonds is 8. The largest absolute Gasteiger partial charge is 0.389 e.